The van der Waals surface area contributed by atoms with E-state index in [-0.39, 0.29) is 17.3 Å². The average molecular weight is 299 g/mol. The number of hydrogen-bond acceptors (Lipinski definition) is 6. The van der Waals surface area contributed by atoms with Crippen LogP contribution in [0.2, 0.25) is 0 Å². The Morgan fingerprint density at radius 3 is 2.76 bits per heavy atom. The van der Waals surface area contributed by atoms with Gasteiger partial charge < -0.3 is 11.1 Å². The van der Waals surface area contributed by atoms with Crippen LogP contribution < -0.4 is 11.1 Å². The second kappa shape index (κ2) is 6.72. The van der Waals surface area contributed by atoms with E-state index < -0.39 is 5.25 Å². The summed E-state index contributed by atoms with van der Waals surface area (Å²) in [7, 11) is 0. The molecular weight excluding hydrogens is 286 g/mol. The molecule has 1 atom stereocenters. The Morgan fingerprint density at radius 2 is 2.14 bits per heavy atom. The zero-order valence-electron chi connectivity index (χ0n) is 11.3. The van der Waals surface area contributed by atoms with Gasteiger partial charge in [-0.05, 0) is 19.1 Å². The summed E-state index contributed by atoms with van der Waals surface area (Å²) >= 11 is 1.18. The molecule has 21 heavy (non-hydrogen) atoms. The van der Waals surface area contributed by atoms with Gasteiger partial charge in [0.25, 0.3) is 0 Å². The van der Waals surface area contributed by atoms with Gasteiger partial charge in [-0.2, -0.15) is 5.26 Å². The van der Waals surface area contributed by atoms with Crippen LogP contribution in [0.3, 0.4) is 0 Å². The molecule has 7 heteroatoms. The summed E-state index contributed by atoms with van der Waals surface area (Å²) in [6, 6.07) is 11.1. The molecule has 0 saturated heterocycles. The van der Waals surface area contributed by atoms with Gasteiger partial charge in [0.2, 0.25) is 5.91 Å². The van der Waals surface area contributed by atoms with Gasteiger partial charge in [-0.1, -0.05) is 30.0 Å². The van der Waals surface area contributed by atoms with Crippen LogP contribution in [-0.2, 0) is 4.79 Å². The topological polar surface area (TPSA) is 105 Å². The van der Waals surface area contributed by atoms with Crippen molar-refractivity contribution in [3.05, 3.63) is 42.1 Å². The number of carbonyl (C=O) groups excluding carboxylic acids is 1. The number of benzene rings is 1. The Labute approximate surface area is 126 Å². The van der Waals surface area contributed by atoms with E-state index in [1.807, 2.05) is 36.4 Å². The van der Waals surface area contributed by atoms with E-state index in [1.165, 1.54) is 18.0 Å². The predicted octanol–water partition coefficient (Wildman–Crippen LogP) is 2.05. The second-order valence-electron chi connectivity index (χ2n) is 4.18. The number of nitrogen functional groups attached to an aromatic ring is 1. The molecule has 0 aliphatic rings. The highest BCUT2D eigenvalue weighted by molar-refractivity contribution is 8.00. The summed E-state index contributed by atoms with van der Waals surface area (Å²) in [5, 5.41) is 11.5. The van der Waals surface area contributed by atoms with Gasteiger partial charge in [0.1, 0.15) is 17.5 Å². The predicted molar refractivity (Wildman–Crippen MR) is 81.6 cm³/mol. The number of anilines is 2. The molecule has 1 heterocycles. The number of amides is 1. The summed E-state index contributed by atoms with van der Waals surface area (Å²) in [6.45, 7) is 1.75. The lowest BCUT2D eigenvalue weighted by atomic mass is 10.3. The van der Waals surface area contributed by atoms with Crippen molar-refractivity contribution < 1.29 is 4.79 Å². The van der Waals surface area contributed by atoms with Crippen molar-refractivity contribution in [2.45, 2.75) is 17.3 Å². The maximum Gasteiger partial charge on any atom is 0.237 e. The maximum atomic E-state index is 12.1. The van der Waals surface area contributed by atoms with E-state index in [9.17, 15) is 4.79 Å². The van der Waals surface area contributed by atoms with Gasteiger partial charge in [-0.15, -0.1) is 0 Å². The molecule has 0 bridgehead atoms. The summed E-state index contributed by atoms with van der Waals surface area (Å²) in [4.78, 5) is 20.1. The molecule has 6 nitrogen and oxygen atoms in total. The number of rotatable bonds is 4. The Balaban J connectivity index is 2.01. The molecule has 0 spiro atoms. The number of hydrogen-bond donors (Lipinski definition) is 2. The molecule has 0 aliphatic heterocycles. The first-order valence-electron chi connectivity index (χ1n) is 6.15. The van der Waals surface area contributed by atoms with E-state index in [1.54, 1.807) is 6.92 Å². The van der Waals surface area contributed by atoms with Gasteiger partial charge >= 0.3 is 0 Å². The van der Waals surface area contributed by atoms with E-state index in [4.69, 9.17) is 11.0 Å². The minimum Gasteiger partial charge on any atom is -0.382 e. The van der Waals surface area contributed by atoms with Crippen LogP contribution >= 0.6 is 11.8 Å². The normalized spacial score (nSPS) is 11.4. The number of nitrogens with zero attached hydrogens (tertiary/aromatic N) is 3. The van der Waals surface area contributed by atoms with E-state index in [0.29, 0.717) is 5.16 Å². The summed E-state index contributed by atoms with van der Waals surface area (Å²) < 4.78 is 0. The Morgan fingerprint density at radius 1 is 1.43 bits per heavy atom. The zero-order valence-corrected chi connectivity index (χ0v) is 12.1. The number of aromatic nitrogens is 2. The summed E-state index contributed by atoms with van der Waals surface area (Å²) in [5.41, 5.74) is 6.57. The molecule has 0 unspecified atom stereocenters. The van der Waals surface area contributed by atoms with Crippen LogP contribution in [0, 0.1) is 11.3 Å². The third kappa shape index (κ3) is 3.94. The van der Waals surface area contributed by atoms with Crippen molar-refractivity contribution in [1.29, 1.82) is 5.26 Å². The highest BCUT2D eigenvalue weighted by Gasteiger charge is 2.16. The largest absolute Gasteiger partial charge is 0.382 e. The fourth-order valence-electron chi connectivity index (χ4n) is 1.50. The minimum absolute atomic E-state index is 0.116. The number of para-hydroxylation sites is 1. The number of thioether (sulfide) groups is 1. The molecule has 3 N–H and O–H groups in total. The van der Waals surface area contributed by atoms with Crippen LogP contribution in [0.5, 0.6) is 0 Å². The molecule has 1 aromatic carbocycles. The molecule has 0 fully saturated rings. The first-order chi connectivity index (χ1) is 10.1. The summed E-state index contributed by atoms with van der Waals surface area (Å²) in [6.07, 6.45) is 1.35. The molecule has 0 saturated carbocycles. The number of nitrogens with one attached hydrogen (secondary N) is 1. The molecular formula is C14H13N5OS. The first-order valence-corrected chi connectivity index (χ1v) is 7.03. The van der Waals surface area contributed by atoms with Crippen molar-refractivity contribution in [2.75, 3.05) is 11.1 Å². The smallest absolute Gasteiger partial charge is 0.237 e. The van der Waals surface area contributed by atoms with E-state index in [0.717, 1.165) is 5.69 Å². The van der Waals surface area contributed by atoms with Crippen molar-refractivity contribution in [2.24, 2.45) is 0 Å². The third-order valence-corrected chi connectivity index (χ3v) is 3.58. The molecule has 0 aliphatic carbocycles. The average Bonchev–Trinajstić information content (AvgIpc) is 2.48. The monoisotopic (exact) mass is 299 g/mol. The van der Waals surface area contributed by atoms with Crippen molar-refractivity contribution in [3.63, 3.8) is 0 Å². The quantitative estimate of drug-likeness (QED) is 0.661. The second-order valence-corrected chi connectivity index (χ2v) is 5.49. The van der Waals surface area contributed by atoms with Crippen LogP contribution in [0.25, 0.3) is 0 Å². The molecule has 0 radical (unpaired) electrons. The summed E-state index contributed by atoms with van der Waals surface area (Å²) in [5.74, 6) is -0.0385. The lowest BCUT2D eigenvalue weighted by Gasteiger charge is -2.11. The molecule has 2 rings (SSSR count). The van der Waals surface area contributed by atoms with Crippen molar-refractivity contribution in [1.82, 2.24) is 9.97 Å². The molecule has 106 valence electrons. The number of nitriles is 1. The SMILES string of the molecule is C[C@@H](Sc1ncc(C#N)c(N)n1)C(=O)Nc1ccccc1. The molecule has 2 aromatic rings. The lowest BCUT2D eigenvalue weighted by Crippen LogP contribution is -2.22. The van der Waals surface area contributed by atoms with Crippen LogP contribution in [0.4, 0.5) is 11.5 Å². The minimum atomic E-state index is -0.391. The third-order valence-electron chi connectivity index (χ3n) is 2.61. The van der Waals surface area contributed by atoms with Gasteiger partial charge in [0.05, 0.1) is 11.4 Å². The highest BCUT2D eigenvalue weighted by Crippen LogP contribution is 2.22. The number of carbonyl (C=O) groups is 1. The van der Waals surface area contributed by atoms with Gasteiger partial charge in [0, 0.05) is 5.69 Å². The Bertz CT molecular complexity index is 684. The van der Waals surface area contributed by atoms with Gasteiger partial charge in [0.15, 0.2) is 5.16 Å². The Hall–Kier alpha value is -2.59. The van der Waals surface area contributed by atoms with E-state index >= 15 is 0 Å². The lowest BCUT2D eigenvalue weighted by molar-refractivity contribution is -0.115. The Kier molecular flexibility index (Phi) is 4.74. The van der Waals surface area contributed by atoms with Crippen LogP contribution in [-0.4, -0.2) is 21.1 Å². The fraction of sp³-hybridized carbons (Fsp3) is 0.143. The van der Waals surface area contributed by atoms with Crippen molar-refractivity contribution in [3.8, 4) is 6.07 Å². The zero-order chi connectivity index (χ0) is 15.2. The van der Waals surface area contributed by atoms with Crippen LogP contribution in [0.15, 0.2) is 41.7 Å². The highest BCUT2D eigenvalue weighted by atomic mass is 32.2. The van der Waals surface area contributed by atoms with Gasteiger partial charge in [-0.3, -0.25) is 4.79 Å². The maximum absolute atomic E-state index is 12.1. The van der Waals surface area contributed by atoms with E-state index in [2.05, 4.69) is 15.3 Å². The molecule has 1 amide bonds. The molecule has 1 aromatic heterocycles. The number of nitrogens with two attached hydrogens (primary N) is 1. The van der Waals surface area contributed by atoms with Gasteiger partial charge in [-0.25, -0.2) is 9.97 Å². The fourth-order valence-corrected chi connectivity index (χ4v) is 2.24. The van der Waals surface area contributed by atoms with Crippen molar-refractivity contribution >= 4 is 29.2 Å². The standard InChI is InChI=1S/C14H13N5OS/c1-9(13(20)18-11-5-3-2-4-6-11)21-14-17-8-10(7-15)12(16)19-14/h2-6,8-9H,1H3,(H,18,20)(H2,16,17,19)/t9-/m1/s1. The first kappa shape index (κ1) is 14.8. The van der Waals surface area contributed by atoms with Crippen LogP contribution in [0.1, 0.15) is 12.5 Å².